The molecule has 0 spiro atoms. The van der Waals surface area contributed by atoms with Crippen LogP contribution in [0.5, 0.6) is 0 Å². The minimum Gasteiger partial charge on any atom is -0.462 e. The van der Waals surface area contributed by atoms with E-state index in [4.69, 9.17) is 37.0 Å². The number of phosphoric ester groups is 2. The first-order valence-corrected chi connectivity index (χ1v) is 38.1. The van der Waals surface area contributed by atoms with Crippen LogP contribution in [-0.4, -0.2) is 96.7 Å². The number of rotatable bonds is 67. The summed E-state index contributed by atoms with van der Waals surface area (Å²) in [6, 6.07) is 0. The van der Waals surface area contributed by atoms with Crippen LogP contribution in [0.3, 0.4) is 0 Å². The molecule has 0 heterocycles. The van der Waals surface area contributed by atoms with Gasteiger partial charge in [-0.05, 0) is 31.6 Å². The van der Waals surface area contributed by atoms with Crippen molar-refractivity contribution in [2.75, 3.05) is 39.6 Å². The molecule has 3 N–H and O–H groups in total. The van der Waals surface area contributed by atoms with Crippen molar-refractivity contribution >= 4 is 39.5 Å². The Labute approximate surface area is 524 Å². The van der Waals surface area contributed by atoms with Crippen LogP contribution < -0.4 is 0 Å². The van der Waals surface area contributed by atoms with Crippen LogP contribution in [0.15, 0.2) is 0 Å². The molecule has 19 heteroatoms. The molecule has 0 bridgehead atoms. The number of carbonyl (C=O) groups excluding carboxylic acids is 4. The van der Waals surface area contributed by atoms with Crippen molar-refractivity contribution in [3.05, 3.63) is 0 Å². The van der Waals surface area contributed by atoms with Crippen molar-refractivity contribution in [2.45, 2.75) is 361 Å². The third kappa shape index (κ3) is 60.9. The van der Waals surface area contributed by atoms with Gasteiger partial charge in [0.1, 0.15) is 19.3 Å². The minimum absolute atomic E-state index is 0.103. The van der Waals surface area contributed by atoms with Crippen molar-refractivity contribution in [3.8, 4) is 0 Å². The maximum absolute atomic E-state index is 13.0. The molecule has 2 unspecified atom stereocenters. The van der Waals surface area contributed by atoms with Gasteiger partial charge in [-0.15, -0.1) is 0 Å². The number of aliphatic hydroxyl groups is 1. The zero-order chi connectivity index (χ0) is 63.5. The summed E-state index contributed by atoms with van der Waals surface area (Å²) in [5.41, 5.74) is 0. The third-order valence-electron chi connectivity index (χ3n) is 15.5. The number of hydrogen-bond acceptors (Lipinski definition) is 15. The maximum atomic E-state index is 13.0. The number of hydrogen-bond donors (Lipinski definition) is 3. The summed E-state index contributed by atoms with van der Waals surface area (Å²) in [6.45, 7) is 7.09. The average molecular weight is 1270 g/mol. The second-order valence-electron chi connectivity index (χ2n) is 24.7. The first-order chi connectivity index (χ1) is 41.5. The normalized spacial score (nSPS) is 14.2. The smallest absolute Gasteiger partial charge is 0.462 e. The Morgan fingerprint density at radius 3 is 0.791 bits per heavy atom. The molecule has 0 fully saturated rings. The molecule has 17 nitrogen and oxygen atoms in total. The van der Waals surface area contributed by atoms with Gasteiger partial charge in [0.15, 0.2) is 12.2 Å². The molecule has 0 aliphatic rings. The van der Waals surface area contributed by atoms with E-state index in [1.54, 1.807) is 0 Å². The van der Waals surface area contributed by atoms with E-state index in [9.17, 15) is 43.2 Å². The zero-order valence-corrected chi connectivity index (χ0v) is 57.2. The molecule has 0 aromatic rings. The molecule has 0 aromatic heterocycles. The summed E-state index contributed by atoms with van der Waals surface area (Å²) in [4.78, 5) is 71.9. The molecule has 0 amide bonds. The second-order valence-corrected chi connectivity index (χ2v) is 27.6. The quantitative estimate of drug-likeness (QED) is 0.0222. The first-order valence-electron chi connectivity index (χ1n) is 35.1. The van der Waals surface area contributed by atoms with E-state index < -0.39 is 97.5 Å². The van der Waals surface area contributed by atoms with Crippen molar-refractivity contribution < 1.29 is 80.2 Å². The summed E-state index contributed by atoms with van der Waals surface area (Å²) in [6.07, 6.45) is 46.5. The first kappa shape index (κ1) is 84.1. The lowest BCUT2D eigenvalue weighted by molar-refractivity contribution is -0.161. The van der Waals surface area contributed by atoms with Gasteiger partial charge in [0.2, 0.25) is 0 Å². The van der Waals surface area contributed by atoms with Gasteiger partial charge in [0, 0.05) is 25.7 Å². The van der Waals surface area contributed by atoms with Crippen molar-refractivity contribution in [3.63, 3.8) is 0 Å². The molecular weight excluding hydrogens is 1140 g/mol. The monoisotopic (exact) mass is 1270 g/mol. The summed E-state index contributed by atoms with van der Waals surface area (Å²) in [5.74, 6) is -1.37. The van der Waals surface area contributed by atoms with E-state index >= 15 is 0 Å². The van der Waals surface area contributed by atoms with Crippen molar-refractivity contribution in [1.82, 2.24) is 0 Å². The van der Waals surface area contributed by atoms with Gasteiger partial charge in [-0.25, -0.2) is 9.13 Å². The van der Waals surface area contributed by atoms with Crippen LogP contribution >= 0.6 is 15.6 Å². The predicted octanol–water partition coefficient (Wildman–Crippen LogP) is 19.0. The Morgan fingerprint density at radius 1 is 0.314 bits per heavy atom. The topological polar surface area (TPSA) is 237 Å². The van der Waals surface area contributed by atoms with Crippen LogP contribution in [0.1, 0.15) is 343 Å². The van der Waals surface area contributed by atoms with E-state index in [1.165, 1.54) is 148 Å². The number of aliphatic hydroxyl groups excluding tert-OH is 1. The highest BCUT2D eigenvalue weighted by atomic mass is 31.2. The van der Waals surface area contributed by atoms with E-state index in [0.29, 0.717) is 25.7 Å². The van der Waals surface area contributed by atoms with Crippen LogP contribution in [0.4, 0.5) is 0 Å². The lowest BCUT2D eigenvalue weighted by atomic mass is 10.0. The SMILES string of the molecule is CCCCCCCCCCCCCCCCCCCCCCC(=O)O[C@H](COC(=O)CCCCCCCCCCCCCC(C)C)COP(=O)(O)OC[C@@H](O)COP(=O)(O)OC[C@@H](COC(=O)CCCCCCC)OC(=O)CCCCCCCCC. The predicted molar refractivity (Wildman–Crippen MR) is 345 cm³/mol. The number of phosphoric acid groups is 2. The maximum Gasteiger partial charge on any atom is 0.472 e. The molecule has 86 heavy (non-hydrogen) atoms. The summed E-state index contributed by atoms with van der Waals surface area (Å²) >= 11 is 0. The van der Waals surface area contributed by atoms with E-state index in [-0.39, 0.29) is 25.7 Å². The average Bonchev–Trinajstić information content (AvgIpc) is 3.64. The van der Waals surface area contributed by atoms with Gasteiger partial charge >= 0.3 is 39.5 Å². The fourth-order valence-electron chi connectivity index (χ4n) is 10.1. The molecule has 0 saturated heterocycles. The summed E-state index contributed by atoms with van der Waals surface area (Å²) < 4.78 is 67.8. The van der Waals surface area contributed by atoms with Gasteiger partial charge in [0.25, 0.3) is 0 Å². The molecule has 0 aromatic carbocycles. The van der Waals surface area contributed by atoms with E-state index in [2.05, 4.69) is 34.6 Å². The Kier molecular flexibility index (Phi) is 59.2. The standard InChI is InChI=1S/C67H130O17P2/c1-6-9-12-15-17-18-19-20-21-22-23-24-25-26-27-30-34-38-43-48-53-67(72)84-63(57-78-65(70)51-46-41-37-33-31-28-29-32-36-40-44-49-60(4)5)59-82-86(75,76)80-55-61(68)54-79-85(73,74)81-58-62(56-77-64(69)50-45-39-14-11-8-3)83-66(71)52-47-42-35-16-13-10-7-2/h60-63,68H,6-59H2,1-5H3,(H,73,74)(H,75,76)/t61-,62+,63+/m0/s1. The third-order valence-corrected chi connectivity index (χ3v) is 17.4. The number of ether oxygens (including phenoxy) is 4. The Balaban J connectivity index is 5.09. The lowest BCUT2D eigenvalue weighted by Gasteiger charge is -2.21. The molecule has 0 radical (unpaired) electrons. The van der Waals surface area contributed by atoms with Crippen LogP contribution in [0, 0.1) is 5.92 Å². The van der Waals surface area contributed by atoms with E-state index in [1.807, 2.05) is 0 Å². The Bertz CT molecular complexity index is 1670. The Morgan fingerprint density at radius 2 is 0.535 bits per heavy atom. The van der Waals surface area contributed by atoms with Crippen LogP contribution in [-0.2, 0) is 65.4 Å². The van der Waals surface area contributed by atoms with Crippen molar-refractivity contribution in [1.29, 1.82) is 0 Å². The highest BCUT2D eigenvalue weighted by Crippen LogP contribution is 2.45. The molecule has 5 atom stereocenters. The molecule has 510 valence electrons. The van der Waals surface area contributed by atoms with Gasteiger partial charge in [-0.3, -0.25) is 37.3 Å². The zero-order valence-electron chi connectivity index (χ0n) is 55.4. The van der Waals surface area contributed by atoms with E-state index in [0.717, 1.165) is 115 Å². The van der Waals surface area contributed by atoms with Gasteiger partial charge < -0.3 is 33.8 Å². The number of carbonyl (C=O) groups is 4. The lowest BCUT2D eigenvalue weighted by Crippen LogP contribution is -2.30. The minimum atomic E-state index is -4.95. The largest absolute Gasteiger partial charge is 0.472 e. The summed E-state index contributed by atoms with van der Waals surface area (Å²) in [7, 11) is -9.88. The second kappa shape index (κ2) is 60.6. The van der Waals surface area contributed by atoms with Crippen molar-refractivity contribution in [2.24, 2.45) is 5.92 Å². The molecule has 0 saturated carbocycles. The molecule has 0 rings (SSSR count). The van der Waals surface area contributed by atoms with Crippen LogP contribution in [0.25, 0.3) is 0 Å². The van der Waals surface area contributed by atoms with Crippen LogP contribution in [0.2, 0.25) is 0 Å². The molecule has 0 aliphatic heterocycles. The molecule has 0 aliphatic carbocycles. The van der Waals surface area contributed by atoms with Gasteiger partial charge in [-0.2, -0.15) is 0 Å². The Hall–Kier alpha value is -1.94. The van der Waals surface area contributed by atoms with Gasteiger partial charge in [-0.1, -0.05) is 291 Å². The van der Waals surface area contributed by atoms with Gasteiger partial charge in [0.05, 0.1) is 26.4 Å². The number of unbranched alkanes of at least 4 members (excludes halogenated alkanes) is 39. The molecular formula is C67H130O17P2. The summed E-state index contributed by atoms with van der Waals surface area (Å²) in [5, 5.41) is 10.5. The fourth-order valence-corrected chi connectivity index (χ4v) is 11.7. The highest BCUT2D eigenvalue weighted by molar-refractivity contribution is 7.47. The highest BCUT2D eigenvalue weighted by Gasteiger charge is 2.30. The number of esters is 4. The fraction of sp³-hybridized carbons (Fsp3) is 0.940.